The van der Waals surface area contributed by atoms with Gasteiger partial charge in [-0.2, -0.15) is 0 Å². The summed E-state index contributed by atoms with van der Waals surface area (Å²) in [6.07, 6.45) is 1.16. The fourth-order valence-corrected chi connectivity index (χ4v) is 2.53. The van der Waals surface area contributed by atoms with E-state index in [4.69, 9.17) is 14.6 Å². The second-order valence-corrected chi connectivity index (χ2v) is 5.02. The highest BCUT2D eigenvalue weighted by molar-refractivity contribution is 5.78. The number of ether oxygens (including phenoxy) is 2. The predicted molar refractivity (Wildman–Crippen MR) is 75.0 cm³/mol. The number of hydrogen-bond donors (Lipinski definition) is 1. The normalized spacial score (nSPS) is 18.4. The van der Waals surface area contributed by atoms with E-state index >= 15 is 0 Å². The SMILES string of the molecule is COc1ccc(OC)c(CCN2CC(CO)CC2=O)c1. The number of aliphatic hydroxyl groups excluding tert-OH is 1. The largest absolute Gasteiger partial charge is 0.497 e. The summed E-state index contributed by atoms with van der Waals surface area (Å²) in [4.78, 5) is 13.6. The van der Waals surface area contributed by atoms with Crippen LogP contribution in [0.4, 0.5) is 0 Å². The van der Waals surface area contributed by atoms with E-state index in [0.717, 1.165) is 17.1 Å². The number of aliphatic hydroxyl groups is 1. The van der Waals surface area contributed by atoms with Gasteiger partial charge in [0.05, 0.1) is 14.2 Å². The second-order valence-electron chi connectivity index (χ2n) is 5.02. The summed E-state index contributed by atoms with van der Waals surface area (Å²) in [5.74, 6) is 1.78. The second kappa shape index (κ2) is 6.61. The molecule has 0 aliphatic carbocycles. The minimum atomic E-state index is 0.0741. The molecular formula is C15H21NO4. The molecule has 5 heteroatoms. The fraction of sp³-hybridized carbons (Fsp3) is 0.533. The lowest BCUT2D eigenvalue weighted by Crippen LogP contribution is -2.28. The van der Waals surface area contributed by atoms with E-state index in [2.05, 4.69) is 0 Å². The highest BCUT2D eigenvalue weighted by atomic mass is 16.5. The molecule has 1 N–H and O–H groups in total. The molecule has 1 heterocycles. The number of benzene rings is 1. The van der Waals surface area contributed by atoms with Crippen LogP contribution in [0.1, 0.15) is 12.0 Å². The highest BCUT2D eigenvalue weighted by Gasteiger charge is 2.28. The Morgan fingerprint density at radius 1 is 1.35 bits per heavy atom. The van der Waals surface area contributed by atoms with Crippen LogP contribution in [0.15, 0.2) is 18.2 Å². The lowest BCUT2D eigenvalue weighted by molar-refractivity contribution is -0.127. The van der Waals surface area contributed by atoms with Crippen molar-refractivity contribution in [2.75, 3.05) is 33.9 Å². The molecule has 1 fully saturated rings. The van der Waals surface area contributed by atoms with E-state index in [-0.39, 0.29) is 18.4 Å². The number of likely N-dealkylation sites (tertiary alicyclic amines) is 1. The highest BCUT2D eigenvalue weighted by Crippen LogP contribution is 2.25. The molecule has 5 nitrogen and oxygen atoms in total. The van der Waals surface area contributed by atoms with Gasteiger partial charge in [-0.15, -0.1) is 0 Å². The lowest BCUT2D eigenvalue weighted by atomic mass is 10.1. The van der Waals surface area contributed by atoms with Crippen LogP contribution in [-0.4, -0.2) is 49.8 Å². The molecule has 1 atom stereocenters. The molecule has 0 aromatic heterocycles. The Labute approximate surface area is 119 Å². The number of amides is 1. The maximum absolute atomic E-state index is 11.8. The first kappa shape index (κ1) is 14.7. The summed E-state index contributed by atoms with van der Waals surface area (Å²) in [6.45, 7) is 1.35. The van der Waals surface area contributed by atoms with Crippen LogP contribution in [0, 0.1) is 5.92 Å². The van der Waals surface area contributed by atoms with Gasteiger partial charge in [-0.1, -0.05) is 0 Å². The monoisotopic (exact) mass is 279 g/mol. The Morgan fingerprint density at radius 3 is 2.75 bits per heavy atom. The van der Waals surface area contributed by atoms with Gasteiger partial charge in [-0.25, -0.2) is 0 Å². The maximum atomic E-state index is 11.8. The first-order valence-electron chi connectivity index (χ1n) is 6.77. The number of nitrogens with zero attached hydrogens (tertiary/aromatic N) is 1. The van der Waals surface area contributed by atoms with Gasteiger partial charge >= 0.3 is 0 Å². The average Bonchev–Trinajstić information content (AvgIpc) is 2.85. The summed E-state index contributed by atoms with van der Waals surface area (Å²) in [6, 6.07) is 5.66. The molecular weight excluding hydrogens is 258 g/mol. The zero-order valence-corrected chi connectivity index (χ0v) is 12.0. The Balaban J connectivity index is 2.01. The quantitative estimate of drug-likeness (QED) is 0.847. The molecule has 2 rings (SSSR count). The smallest absolute Gasteiger partial charge is 0.223 e. The van der Waals surface area contributed by atoms with Gasteiger partial charge in [-0.3, -0.25) is 4.79 Å². The number of hydrogen-bond acceptors (Lipinski definition) is 4. The van der Waals surface area contributed by atoms with Gasteiger partial charge in [0.2, 0.25) is 5.91 Å². The van der Waals surface area contributed by atoms with E-state index in [9.17, 15) is 4.79 Å². The van der Waals surface area contributed by atoms with Crippen molar-refractivity contribution in [2.24, 2.45) is 5.92 Å². The maximum Gasteiger partial charge on any atom is 0.223 e. The fourth-order valence-electron chi connectivity index (χ4n) is 2.53. The van der Waals surface area contributed by atoms with Crippen molar-refractivity contribution in [3.63, 3.8) is 0 Å². The number of carbonyl (C=O) groups excluding carboxylic acids is 1. The van der Waals surface area contributed by atoms with Crippen LogP contribution < -0.4 is 9.47 Å². The number of carbonyl (C=O) groups is 1. The van der Waals surface area contributed by atoms with E-state index in [1.165, 1.54) is 0 Å². The van der Waals surface area contributed by atoms with Gasteiger partial charge in [0.15, 0.2) is 0 Å². The van der Waals surface area contributed by atoms with Gasteiger partial charge in [0.1, 0.15) is 11.5 Å². The van der Waals surface area contributed by atoms with Crippen LogP contribution in [0.5, 0.6) is 11.5 Å². The van der Waals surface area contributed by atoms with Crippen LogP contribution in [0.2, 0.25) is 0 Å². The molecule has 1 amide bonds. The zero-order chi connectivity index (χ0) is 14.5. The third kappa shape index (κ3) is 3.22. The minimum absolute atomic E-state index is 0.0741. The van der Waals surface area contributed by atoms with Crippen molar-refractivity contribution in [2.45, 2.75) is 12.8 Å². The summed E-state index contributed by atoms with van der Waals surface area (Å²) in [5, 5.41) is 9.12. The summed E-state index contributed by atoms with van der Waals surface area (Å²) >= 11 is 0. The predicted octanol–water partition coefficient (Wildman–Crippen LogP) is 1.09. The first-order valence-corrected chi connectivity index (χ1v) is 6.77. The van der Waals surface area contributed by atoms with Crippen LogP contribution in [0.25, 0.3) is 0 Å². The molecule has 0 spiro atoms. The van der Waals surface area contributed by atoms with Crippen molar-refractivity contribution < 1.29 is 19.4 Å². The van der Waals surface area contributed by atoms with Gasteiger partial charge < -0.3 is 19.5 Å². The molecule has 1 aromatic rings. The molecule has 1 unspecified atom stereocenters. The van der Waals surface area contributed by atoms with Crippen molar-refractivity contribution in [3.8, 4) is 11.5 Å². The average molecular weight is 279 g/mol. The van der Waals surface area contributed by atoms with Gasteiger partial charge in [-0.05, 0) is 30.2 Å². The molecule has 1 aliphatic heterocycles. The van der Waals surface area contributed by atoms with Crippen molar-refractivity contribution in [1.29, 1.82) is 0 Å². The molecule has 1 aromatic carbocycles. The summed E-state index contributed by atoms with van der Waals surface area (Å²) < 4.78 is 10.5. The van der Waals surface area contributed by atoms with E-state index in [1.54, 1.807) is 19.1 Å². The summed E-state index contributed by atoms with van der Waals surface area (Å²) in [5.41, 5.74) is 1.02. The Hall–Kier alpha value is -1.75. The van der Waals surface area contributed by atoms with Crippen LogP contribution in [0.3, 0.4) is 0 Å². The molecule has 0 bridgehead atoms. The Bertz CT molecular complexity index is 475. The minimum Gasteiger partial charge on any atom is -0.497 e. The molecule has 1 saturated heterocycles. The topological polar surface area (TPSA) is 59.0 Å². The molecule has 1 aliphatic rings. The first-order chi connectivity index (χ1) is 9.67. The molecule has 110 valence electrons. The molecule has 20 heavy (non-hydrogen) atoms. The van der Waals surface area contributed by atoms with Gasteiger partial charge in [0.25, 0.3) is 0 Å². The molecule has 0 saturated carbocycles. The Kier molecular flexibility index (Phi) is 4.84. The van der Waals surface area contributed by atoms with E-state index < -0.39 is 0 Å². The lowest BCUT2D eigenvalue weighted by Gasteiger charge is -2.17. The van der Waals surface area contributed by atoms with Crippen molar-refractivity contribution >= 4 is 5.91 Å². The zero-order valence-electron chi connectivity index (χ0n) is 12.0. The number of methoxy groups -OCH3 is 2. The Morgan fingerprint density at radius 2 is 2.15 bits per heavy atom. The summed E-state index contributed by atoms with van der Waals surface area (Å²) in [7, 11) is 3.26. The van der Waals surface area contributed by atoms with Crippen LogP contribution >= 0.6 is 0 Å². The third-order valence-electron chi connectivity index (χ3n) is 3.69. The van der Waals surface area contributed by atoms with E-state index in [1.807, 2.05) is 18.2 Å². The van der Waals surface area contributed by atoms with Gasteiger partial charge in [0, 0.05) is 32.0 Å². The van der Waals surface area contributed by atoms with Crippen molar-refractivity contribution in [3.05, 3.63) is 23.8 Å². The van der Waals surface area contributed by atoms with Crippen LogP contribution in [-0.2, 0) is 11.2 Å². The molecule has 0 radical (unpaired) electrons. The van der Waals surface area contributed by atoms with E-state index in [0.29, 0.717) is 25.9 Å². The third-order valence-corrected chi connectivity index (χ3v) is 3.69. The van der Waals surface area contributed by atoms with Crippen molar-refractivity contribution in [1.82, 2.24) is 4.90 Å². The standard InChI is InChI=1S/C15H21NO4/c1-19-13-3-4-14(20-2)12(8-13)5-6-16-9-11(10-17)7-15(16)18/h3-4,8,11,17H,5-7,9-10H2,1-2H3. The number of rotatable bonds is 6.